The van der Waals surface area contributed by atoms with Crippen LogP contribution in [0.3, 0.4) is 0 Å². The third kappa shape index (κ3) is 2.79. The van der Waals surface area contributed by atoms with Crippen LogP contribution in [-0.2, 0) is 6.54 Å². The minimum absolute atomic E-state index is 0.255. The number of aromatic nitrogens is 2. The fourth-order valence-electron chi connectivity index (χ4n) is 1.49. The van der Waals surface area contributed by atoms with Gasteiger partial charge in [0.2, 0.25) is 5.89 Å². The maximum absolute atomic E-state index is 13.5. The molecule has 18 heavy (non-hydrogen) atoms. The number of alkyl halides is 1. The van der Waals surface area contributed by atoms with Crippen molar-refractivity contribution in [1.82, 2.24) is 10.2 Å². The van der Waals surface area contributed by atoms with Crippen molar-refractivity contribution in [2.24, 2.45) is 0 Å². The summed E-state index contributed by atoms with van der Waals surface area (Å²) in [6, 6.07) is 6.89. The van der Waals surface area contributed by atoms with E-state index in [-0.39, 0.29) is 11.2 Å². The van der Waals surface area contributed by atoms with Gasteiger partial charge in [0.05, 0.1) is 0 Å². The summed E-state index contributed by atoms with van der Waals surface area (Å²) in [5.74, 6) is 0.0989. The Bertz CT molecular complexity index is 530. The molecule has 0 radical (unpaired) electrons. The lowest BCUT2D eigenvalue weighted by molar-refractivity contribution is 0.488. The van der Waals surface area contributed by atoms with Crippen LogP contribution in [0.25, 0.3) is 0 Å². The van der Waals surface area contributed by atoms with Gasteiger partial charge in [-0.25, -0.2) is 4.39 Å². The first-order chi connectivity index (χ1) is 8.58. The molecular weight excluding hydrogens is 257 g/mol. The number of nitrogens with zero attached hydrogens (tertiary/aromatic N) is 3. The van der Waals surface area contributed by atoms with Gasteiger partial charge in [0, 0.05) is 19.2 Å². The van der Waals surface area contributed by atoms with Crippen LogP contribution in [0, 0.1) is 5.82 Å². The van der Waals surface area contributed by atoms with Crippen LogP contribution in [0.5, 0.6) is 0 Å². The molecule has 0 fully saturated rings. The van der Waals surface area contributed by atoms with Crippen molar-refractivity contribution < 1.29 is 8.81 Å². The number of rotatable bonds is 4. The summed E-state index contributed by atoms with van der Waals surface area (Å²) >= 11 is 5.83. The number of hydrogen-bond donors (Lipinski definition) is 0. The Kier molecular flexibility index (Phi) is 3.81. The van der Waals surface area contributed by atoms with Gasteiger partial charge in [-0.2, -0.15) is 0 Å². The zero-order chi connectivity index (χ0) is 13.1. The highest BCUT2D eigenvalue weighted by Gasteiger charge is 2.15. The first-order valence-electron chi connectivity index (χ1n) is 5.50. The smallest absolute Gasteiger partial charge is 0.318 e. The summed E-state index contributed by atoms with van der Waals surface area (Å²) in [7, 11) is 1.75. The second-order valence-corrected chi connectivity index (χ2v) is 4.64. The Morgan fingerprint density at radius 2 is 2.11 bits per heavy atom. The summed E-state index contributed by atoms with van der Waals surface area (Å²) in [6.07, 6.45) is 0. The highest BCUT2D eigenvalue weighted by Crippen LogP contribution is 2.22. The van der Waals surface area contributed by atoms with Crippen LogP contribution in [0.4, 0.5) is 10.4 Å². The van der Waals surface area contributed by atoms with Gasteiger partial charge in [-0.3, -0.25) is 0 Å². The molecule has 0 aliphatic rings. The molecule has 0 saturated carbocycles. The molecule has 2 rings (SSSR count). The van der Waals surface area contributed by atoms with E-state index in [2.05, 4.69) is 10.2 Å². The molecule has 96 valence electrons. The van der Waals surface area contributed by atoms with Crippen molar-refractivity contribution in [3.63, 3.8) is 0 Å². The quantitative estimate of drug-likeness (QED) is 0.800. The van der Waals surface area contributed by atoms with Gasteiger partial charge in [-0.15, -0.1) is 16.7 Å². The van der Waals surface area contributed by atoms with Gasteiger partial charge in [0.1, 0.15) is 11.2 Å². The molecule has 4 nitrogen and oxygen atoms in total. The molecule has 1 heterocycles. The van der Waals surface area contributed by atoms with Gasteiger partial charge < -0.3 is 9.32 Å². The molecule has 1 aromatic carbocycles. The number of benzene rings is 1. The van der Waals surface area contributed by atoms with E-state index < -0.39 is 0 Å². The largest absolute Gasteiger partial charge is 0.406 e. The lowest BCUT2D eigenvalue weighted by Crippen LogP contribution is -2.17. The molecule has 1 aromatic heterocycles. The van der Waals surface area contributed by atoms with Crippen LogP contribution in [-0.4, -0.2) is 17.2 Å². The predicted octanol–water partition coefficient (Wildman–Crippen LogP) is 3.14. The number of halogens is 2. The monoisotopic (exact) mass is 269 g/mol. The van der Waals surface area contributed by atoms with Crippen LogP contribution in [0.2, 0.25) is 0 Å². The summed E-state index contributed by atoms with van der Waals surface area (Å²) in [4.78, 5) is 1.67. The standard InChI is InChI=1S/C12H13ClFN3O/c1-8(13)11-15-16-12(18-11)17(2)7-9-5-3-4-6-10(9)14/h3-6,8H,7H2,1-2H3. The predicted molar refractivity (Wildman–Crippen MR) is 67.1 cm³/mol. The average Bonchev–Trinajstić information content (AvgIpc) is 2.81. The van der Waals surface area contributed by atoms with Crippen LogP contribution in [0.1, 0.15) is 23.8 Å². The molecule has 2 aromatic rings. The molecule has 0 saturated heterocycles. The third-order valence-electron chi connectivity index (χ3n) is 2.46. The maximum atomic E-state index is 13.5. The minimum atomic E-state index is -0.340. The zero-order valence-electron chi connectivity index (χ0n) is 10.1. The maximum Gasteiger partial charge on any atom is 0.318 e. The van der Waals surface area contributed by atoms with Gasteiger partial charge in [0.15, 0.2) is 0 Å². The van der Waals surface area contributed by atoms with E-state index in [1.165, 1.54) is 6.07 Å². The highest BCUT2D eigenvalue weighted by molar-refractivity contribution is 6.20. The van der Waals surface area contributed by atoms with Gasteiger partial charge in [-0.1, -0.05) is 23.3 Å². The van der Waals surface area contributed by atoms with Crippen molar-refractivity contribution in [2.45, 2.75) is 18.8 Å². The molecule has 0 N–H and O–H groups in total. The second kappa shape index (κ2) is 5.35. The Labute approximate surface area is 109 Å². The Morgan fingerprint density at radius 3 is 2.72 bits per heavy atom. The normalized spacial score (nSPS) is 12.4. The molecule has 1 atom stereocenters. The molecular formula is C12H13ClFN3O. The van der Waals surface area contributed by atoms with Crippen LogP contribution >= 0.6 is 11.6 Å². The molecule has 1 unspecified atom stereocenters. The SMILES string of the molecule is CC(Cl)c1nnc(N(C)Cc2ccccc2F)o1. The summed E-state index contributed by atoms with van der Waals surface area (Å²) in [6.45, 7) is 2.10. The van der Waals surface area contributed by atoms with E-state index in [0.29, 0.717) is 24.0 Å². The number of hydrogen-bond acceptors (Lipinski definition) is 4. The second-order valence-electron chi connectivity index (χ2n) is 3.99. The summed E-state index contributed by atoms with van der Waals surface area (Å²) in [5.41, 5.74) is 0.568. The zero-order valence-corrected chi connectivity index (χ0v) is 10.9. The first-order valence-corrected chi connectivity index (χ1v) is 5.93. The molecule has 0 bridgehead atoms. The summed E-state index contributed by atoms with van der Waals surface area (Å²) in [5, 5.41) is 7.34. The summed E-state index contributed by atoms with van der Waals surface area (Å²) < 4.78 is 18.9. The molecule has 0 aliphatic carbocycles. The van der Waals surface area contributed by atoms with E-state index >= 15 is 0 Å². The van der Waals surface area contributed by atoms with Gasteiger partial charge in [0.25, 0.3) is 0 Å². The lowest BCUT2D eigenvalue weighted by atomic mass is 10.2. The van der Waals surface area contributed by atoms with E-state index in [9.17, 15) is 4.39 Å². The van der Waals surface area contributed by atoms with Gasteiger partial charge in [-0.05, 0) is 13.0 Å². The van der Waals surface area contributed by atoms with Crippen molar-refractivity contribution in [2.75, 3.05) is 11.9 Å². The minimum Gasteiger partial charge on any atom is -0.406 e. The van der Waals surface area contributed by atoms with Crippen LogP contribution in [0.15, 0.2) is 28.7 Å². The topological polar surface area (TPSA) is 42.2 Å². The van der Waals surface area contributed by atoms with E-state index in [4.69, 9.17) is 16.0 Å². The highest BCUT2D eigenvalue weighted by atomic mass is 35.5. The van der Waals surface area contributed by atoms with Crippen molar-refractivity contribution in [1.29, 1.82) is 0 Å². The fraction of sp³-hybridized carbons (Fsp3) is 0.333. The van der Waals surface area contributed by atoms with E-state index in [1.54, 1.807) is 37.1 Å². The van der Waals surface area contributed by atoms with Crippen molar-refractivity contribution >= 4 is 17.6 Å². The Balaban J connectivity index is 2.12. The van der Waals surface area contributed by atoms with Crippen molar-refractivity contribution in [3.8, 4) is 0 Å². The lowest BCUT2D eigenvalue weighted by Gasteiger charge is -2.14. The fourth-order valence-corrected chi connectivity index (χ4v) is 1.58. The third-order valence-corrected chi connectivity index (χ3v) is 2.65. The first kappa shape index (κ1) is 12.8. The van der Waals surface area contributed by atoms with E-state index in [0.717, 1.165) is 0 Å². The van der Waals surface area contributed by atoms with Gasteiger partial charge >= 0.3 is 6.01 Å². The Morgan fingerprint density at radius 1 is 1.39 bits per heavy atom. The number of anilines is 1. The van der Waals surface area contributed by atoms with E-state index in [1.807, 2.05) is 0 Å². The molecule has 0 amide bonds. The van der Waals surface area contributed by atoms with Crippen LogP contribution < -0.4 is 4.90 Å². The van der Waals surface area contributed by atoms with Crippen molar-refractivity contribution in [3.05, 3.63) is 41.5 Å². The molecule has 6 heteroatoms. The average molecular weight is 270 g/mol. The Hall–Kier alpha value is -1.62. The molecule has 0 aliphatic heterocycles. The molecule has 0 spiro atoms.